The first kappa shape index (κ1) is 22.5. The standard InChI is InChI=1S/C23H22F4N2O2/c24-19-9-7-17(8-10-19)21(23(25,26)27)28-22(31)18-12-14-29(15-13-18)20(30)11-6-16-4-2-1-3-5-16/h1-11,18,21H,12-15H2,(H,28,31)/b11-6+. The van der Waals surface area contributed by atoms with E-state index in [2.05, 4.69) is 0 Å². The van der Waals surface area contributed by atoms with Crippen molar-refractivity contribution in [2.45, 2.75) is 25.1 Å². The minimum absolute atomic E-state index is 0.206. The second-order valence-corrected chi connectivity index (χ2v) is 7.38. The Morgan fingerprint density at radius 2 is 1.61 bits per heavy atom. The zero-order chi connectivity index (χ0) is 22.4. The molecule has 8 heteroatoms. The van der Waals surface area contributed by atoms with Gasteiger partial charge < -0.3 is 10.2 Å². The number of piperidine rings is 1. The van der Waals surface area contributed by atoms with Gasteiger partial charge in [0.05, 0.1) is 0 Å². The fourth-order valence-electron chi connectivity index (χ4n) is 3.47. The monoisotopic (exact) mass is 434 g/mol. The maximum Gasteiger partial charge on any atom is 0.412 e. The minimum atomic E-state index is -4.72. The van der Waals surface area contributed by atoms with Crippen LogP contribution in [0, 0.1) is 11.7 Å². The second kappa shape index (κ2) is 9.76. The summed E-state index contributed by atoms with van der Waals surface area (Å²) >= 11 is 0. The molecule has 31 heavy (non-hydrogen) atoms. The van der Waals surface area contributed by atoms with E-state index in [1.165, 1.54) is 6.08 Å². The number of benzene rings is 2. The Hall–Kier alpha value is -3.16. The van der Waals surface area contributed by atoms with E-state index in [1.807, 2.05) is 35.6 Å². The number of amides is 2. The van der Waals surface area contributed by atoms with Gasteiger partial charge in [0.25, 0.3) is 0 Å². The van der Waals surface area contributed by atoms with E-state index in [9.17, 15) is 27.2 Å². The molecule has 1 saturated heterocycles. The maximum absolute atomic E-state index is 13.5. The van der Waals surface area contributed by atoms with Crippen LogP contribution in [0.4, 0.5) is 17.6 Å². The third-order valence-corrected chi connectivity index (χ3v) is 5.21. The summed E-state index contributed by atoms with van der Waals surface area (Å²) in [5, 5.41) is 2.05. The first-order chi connectivity index (χ1) is 14.7. The van der Waals surface area contributed by atoms with E-state index in [1.54, 1.807) is 11.0 Å². The van der Waals surface area contributed by atoms with Gasteiger partial charge in [-0.2, -0.15) is 13.2 Å². The van der Waals surface area contributed by atoms with Crippen LogP contribution in [0.2, 0.25) is 0 Å². The average Bonchev–Trinajstić information content (AvgIpc) is 2.76. The number of halogens is 4. The molecule has 1 unspecified atom stereocenters. The third kappa shape index (κ3) is 6.16. The molecule has 1 N–H and O–H groups in total. The fraction of sp³-hybridized carbons (Fsp3) is 0.304. The lowest BCUT2D eigenvalue weighted by atomic mass is 9.94. The van der Waals surface area contributed by atoms with Crippen LogP contribution in [0.15, 0.2) is 60.7 Å². The predicted octanol–water partition coefficient (Wildman–Crippen LogP) is 4.50. The van der Waals surface area contributed by atoms with Crippen LogP contribution in [0.3, 0.4) is 0 Å². The van der Waals surface area contributed by atoms with Gasteiger partial charge in [-0.3, -0.25) is 9.59 Å². The largest absolute Gasteiger partial charge is 0.412 e. The summed E-state index contributed by atoms with van der Waals surface area (Å²) in [5.74, 6) is -2.22. The molecule has 0 saturated carbocycles. The van der Waals surface area contributed by atoms with Gasteiger partial charge in [-0.25, -0.2) is 4.39 Å². The second-order valence-electron chi connectivity index (χ2n) is 7.38. The van der Waals surface area contributed by atoms with Crippen molar-refractivity contribution in [3.05, 3.63) is 77.6 Å². The Labute approximate surface area is 177 Å². The van der Waals surface area contributed by atoms with Crippen LogP contribution in [0.25, 0.3) is 6.08 Å². The molecule has 2 aromatic carbocycles. The molecule has 1 heterocycles. The number of alkyl halides is 3. The van der Waals surface area contributed by atoms with E-state index in [4.69, 9.17) is 0 Å². The van der Waals surface area contributed by atoms with Gasteiger partial charge in [-0.1, -0.05) is 42.5 Å². The fourth-order valence-corrected chi connectivity index (χ4v) is 3.47. The Kier molecular flexibility index (Phi) is 7.09. The van der Waals surface area contributed by atoms with Gasteiger partial charge in [0.1, 0.15) is 5.82 Å². The van der Waals surface area contributed by atoms with Crippen LogP contribution >= 0.6 is 0 Å². The SMILES string of the molecule is O=C(NC(c1ccc(F)cc1)C(F)(F)F)C1CCN(C(=O)/C=C/c2ccccc2)CC1. The van der Waals surface area contributed by atoms with E-state index >= 15 is 0 Å². The zero-order valence-corrected chi connectivity index (χ0v) is 16.6. The number of hydrogen-bond donors (Lipinski definition) is 1. The predicted molar refractivity (Wildman–Crippen MR) is 108 cm³/mol. The van der Waals surface area contributed by atoms with Crippen LogP contribution in [0.1, 0.15) is 30.0 Å². The molecule has 4 nitrogen and oxygen atoms in total. The van der Waals surface area contributed by atoms with E-state index in [-0.39, 0.29) is 37.4 Å². The Balaban J connectivity index is 1.57. The summed E-state index contributed by atoms with van der Waals surface area (Å²) in [5.41, 5.74) is 0.644. The number of carbonyl (C=O) groups is 2. The van der Waals surface area contributed by atoms with Gasteiger partial charge in [0, 0.05) is 25.1 Å². The number of hydrogen-bond acceptors (Lipinski definition) is 2. The van der Waals surface area contributed by atoms with Gasteiger partial charge in [0.15, 0.2) is 6.04 Å². The van der Waals surface area contributed by atoms with E-state index < -0.39 is 29.9 Å². The highest BCUT2D eigenvalue weighted by Crippen LogP contribution is 2.33. The number of nitrogens with zero attached hydrogens (tertiary/aromatic N) is 1. The van der Waals surface area contributed by atoms with Crippen molar-refractivity contribution in [2.75, 3.05) is 13.1 Å². The summed E-state index contributed by atoms with van der Waals surface area (Å²) in [6, 6.07) is 10.9. The maximum atomic E-state index is 13.5. The lowest BCUT2D eigenvalue weighted by Crippen LogP contribution is -2.45. The zero-order valence-electron chi connectivity index (χ0n) is 16.6. The molecule has 0 bridgehead atoms. The molecule has 1 atom stereocenters. The van der Waals surface area contributed by atoms with Crippen molar-refractivity contribution in [1.82, 2.24) is 10.2 Å². The first-order valence-electron chi connectivity index (χ1n) is 9.88. The van der Waals surface area contributed by atoms with Crippen molar-refractivity contribution in [1.29, 1.82) is 0 Å². The quantitative estimate of drug-likeness (QED) is 0.557. The van der Waals surface area contributed by atoms with Crippen molar-refractivity contribution in [3.63, 3.8) is 0 Å². The summed E-state index contributed by atoms with van der Waals surface area (Å²) in [4.78, 5) is 26.4. The average molecular weight is 434 g/mol. The molecule has 3 rings (SSSR count). The molecule has 1 aliphatic heterocycles. The normalized spacial score (nSPS) is 16.3. The van der Waals surface area contributed by atoms with Crippen LogP contribution in [0.5, 0.6) is 0 Å². The van der Waals surface area contributed by atoms with E-state index in [0.29, 0.717) is 0 Å². The van der Waals surface area contributed by atoms with E-state index in [0.717, 1.165) is 29.8 Å². The molecule has 0 aromatic heterocycles. The molecule has 2 amide bonds. The Morgan fingerprint density at radius 3 is 2.19 bits per heavy atom. The number of rotatable bonds is 5. The summed E-state index contributed by atoms with van der Waals surface area (Å²) in [7, 11) is 0. The van der Waals surface area contributed by atoms with Crippen molar-refractivity contribution in [2.24, 2.45) is 5.92 Å². The van der Waals surface area contributed by atoms with Gasteiger partial charge in [0.2, 0.25) is 11.8 Å². The lowest BCUT2D eigenvalue weighted by Gasteiger charge is -2.32. The molecule has 0 aliphatic carbocycles. The molecule has 0 spiro atoms. The summed E-state index contributed by atoms with van der Waals surface area (Å²) < 4.78 is 53.4. The first-order valence-corrected chi connectivity index (χ1v) is 9.88. The Bertz CT molecular complexity index is 919. The molecule has 1 fully saturated rings. The van der Waals surface area contributed by atoms with Crippen LogP contribution in [-0.2, 0) is 9.59 Å². The van der Waals surface area contributed by atoms with Crippen molar-refractivity contribution >= 4 is 17.9 Å². The summed E-state index contributed by atoms with van der Waals surface area (Å²) in [6.07, 6.45) is -1.04. The lowest BCUT2D eigenvalue weighted by molar-refractivity contribution is -0.165. The van der Waals surface area contributed by atoms with Crippen molar-refractivity contribution < 1.29 is 27.2 Å². The molecular weight excluding hydrogens is 412 g/mol. The van der Waals surface area contributed by atoms with Gasteiger partial charge in [-0.05, 0) is 42.2 Å². The smallest absolute Gasteiger partial charge is 0.341 e. The van der Waals surface area contributed by atoms with Crippen LogP contribution in [-0.4, -0.2) is 36.0 Å². The molecule has 0 radical (unpaired) electrons. The summed E-state index contributed by atoms with van der Waals surface area (Å²) in [6.45, 7) is 0.562. The molecule has 1 aliphatic rings. The number of nitrogens with one attached hydrogen (secondary N) is 1. The highest BCUT2D eigenvalue weighted by Gasteiger charge is 2.43. The van der Waals surface area contributed by atoms with Crippen molar-refractivity contribution in [3.8, 4) is 0 Å². The molecule has 164 valence electrons. The Morgan fingerprint density at radius 1 is 1.00 bits per heavy atom. The van der Waals surface area contributed by atoms with Crippen LogP contribution < -0.4 is 5.32 Å². The topological polar surface area (TPSA) is 49.4 Å². The highest BCUT2D eigenvalue weighted by molar-refractivity contribution is 5.92. The molecular formula is C23H22F4N2O2. The number of carbonyl (C=O) groups excluding carboxylic acids is 2. The minimum Gasteiger partial charge on any atom is -0.341 e. The number of likely N-dealkylation sites (tertiary alicyclic amines) is 1. The molecule has 2 aromatic rings. The van der Waals surface area contributed by atoms with Gasteiger partial charge in [-0.15, -0.1) is 0 Å². The van der Waals surface area contributed by atoms with Gasteiger partial charge >= 0.3 is 6.18 Å². The highest BCUT2D eigenvalue weighted by atomic mass is 19.4. The third-order valence-electron chi connectivity index (χ3n) is 5.21.